The molecule has 2 heterocycles. The van der Waals surface area contributed by atoms with Crippen LogP contribution in [0, 0.1) is 12.3 Å². The summed E-state index contributed by atoms with van der Waals surface area (Å²) < 4.78 is 5.51. The summed E-state index contributed by atoms with van der Waals surface area (Å²) in [6, 6.07) is 24.3. The molecular weight excluding hydrogens is 530 g/mol. The van der Waals surface area contributed by atoms with Gasteiger partial charge in [0.25, 0.3) is 5.91 Å². The Morgan fingerprint density at radius 1 is 1.02 bits per heavy atom. The Balaban J connectivity index is 0.000000507. The van der Waals surface area contributed by atoms with Crippen LogP contribution < -0.4 is 16.3 Å². The number of aryl methyl sites for hydroxylation is 1. The Kier molecular flexibility index (Phi) is 9.17. The highest BCUT2D eigenvalue weighted by Crippen LogP contribution is 2.38. The lowest BCUT2D eigenvalue weighted by Gasteiger charge is -2.33. The molecule has 4 N–H and O–H groups in total. The minimum Gasteiger partial charge on any atom is -0.477 e. The second kappa shape index (κ2) is 13.0. The summed E-state index contributed by atoms with van der Waals surface area (Å²) in [6.07, 6.45) is 4.96. The summed E-state index contributed by atoms with van der Waals surface area (Å²) in [5.41, 5.74) is 2.74. The Hall–Kier alpha value is -5.24. The highest BCUT2D eigenvalue weighted by molar-refractivity contribution is 6.48. The van der Waals surface area contributed by atoms with Crippen LogP contribution in [0.4, 0.5) is 11.4 Å². The molecule has 8 heteroatoms. The molecule has 0 spiro atoms. The van der Waals surface area contributed by atoms with Gasteiger partial charge in [0.05, 0.1) is 11.1 Å². The molecule has 0 radical (unpaired) electrons. The Labute approximate surface area is 243 Å². The number of nitrogens with one attached hydrogen (secondary N) is 3. The molecule has 8 nitrogen and oxygen atoms in total. The van der Waals surface area contributed by atoms with Gasteiger partial charge in [-0.1, -0.05) is 74.0 Å². The topological polar surface area (TPSA) is 132 Å². The number of hydrogen-bond acceptors (Lipinski definition) is 6. The van der Waals surface area contributed by atoms with E-state index in [9.17, 15) is 19.5 Å². The zero-order chi connectivity index (χ0) is 30.3. The summed E-state index contributed by atoms with van der Waals surface area (Å²) in [5, 5.41) is 23.7. The van der Waals surface area contributed by atoms with Gasteiger partial charge in [0.1, 0.15) is 5.58 Å². The molecule has 3 aromatic carbocycles. The third kappa shape index (κ3) is 7.28. The monoisotopic (exact) mass is 563 g/mol. The van der Waals surface area contributed by atoms with Gasteiger partial charge in [0.15, 0.2) is 5.71 Å². The van der Waals surface area contributed by atoms with Crippen LogP contribution in [0.25, 0.3) is 17.0 Å². The number of allylic oxidation sites excluding steroid dienone is 2. The van der Waals surface area contributed by atoms with Crippen molar-refractivity contribution in [1.29, 1.82) is 5.41 Å². The number of para-hydroxylation sites is 1. The number of fused-ring (bicyclic) bond motifs is 2. The Bertz CT molecular complexity index is 1740. The van der Waals surface area contributed by atoms with Crippen LogP contribution in [0.15, 0.2) is 106 Å². The number of carboxylic acids is 1. The fraction of sp³-hybridized carbons (Fsp3) is 0.176. The van der Waals surface area contributed by atoms with Gasteiger partial charge in [-0.3, -0.25) is 10.2 Å². The van der Waals surface area contributed by atoms with E-state index >= 15 is 0 Å². The number of benzene rings is 3. The van der Waals surface area contributed by atoms with E-state index in [-0.39, 0.29) is 16.6 Å². The third-order valence-corrected chi connectivity index (χ3v) is 6.93. The molecule has 214 valence electrons. The minimum absolute atomic E-state index is 0.0259. The summed E-state index contributed by atoms with van der Waals surface area (Å²) in [7, 11) is 0. The quantitative estimate of drug-likeness (QED) is 0.0909. The molecule has 1 aliphatic rings. The highest BCUT2D eigenvalue weighted by atomic mass is 16.4. The lowest BCUT2D eigenvalue weighted by Crippen LogP contribution is -2.28. The van der Waals surface area contributed by atoms with Gasteiger partial charge in [-0.25, -0.2) is 9.59 Å². The third-order valence-electron chi connectivity index (χ3n) is 6.93. The molecule has 0 bridgehead atoms. The SMILES string of the molecule is CC1(C)CCNc2cc3oc(=O)c(/C=C/C=C(/C(=N)C(=O)O)C(=O)Nc4ccccc4)cc3cc21.Cc1ccccc1. The number of aliphatic carboxylic acids is 1. The summed E-state index contributed by atoms with van der Waals surface area (Å²) in [5.74, 6) is -2.29. The molecule has 0 saturated carbocycles. The summed E-state index contributed by atoms with van der Waals surface area (Å²) in [6.45, 7) is 7.26. The zero-order valence-corrected chi connectivity index (χ0v) is 23.7. The van der Waals surface area contributed by atoms with Crippen LogP contribution in [0.3, 0.4) is 0 Å². The predicted molar refractivity (Wildman–Crippen MR) is 167 cm³/mol. The van der Waals surface area contributed by atoms with Gasteiger partial charge in [-0.2, -0.15) is 0 Å². The molecule has 1 amide bonds. The van der Waals surface area contributed by atoms with Crippen molar-refractivity contribution in [2.75, 3.05) is 17.2 Å². The average Bonchev–Trinajstić information content (AvgIpc) is 2.95. The maximum atomic E-state index is 12.6. The van der Waals surface area contributed by atoms with Gasteiger partial charge in [0.2, 0.25) is 0 Å². The average molecular weight is 564 g/mol. The van der Waals surface area contributed by atoms with E-state index in [0.29, 0.717) is 11.3 Å². The van der Waals surface area contributed by atoms with Gasteiger partial charge < -0.3 is 20.2 Å². The normalized spacial score (nSPS) is 13.8. The summed E-state index contributed by atoms with van der Waals surface area (Å²) in [4.78, 5) is 36.5. The summed E-state index contributed by atoms with van der Waals surface area (Å²) >= 11 is 0. The number of hydrogen-bond donors (Lipinski definition) is 4. The van der Waals surface area contributed by atoms with Crippen molar-refractivity contribution < 1.29 is 19.1 Å². The van der Waals surface area contributed by atoms with Gasteiger partial charge in [0, 0.05) is 29.4 Å². The van der Waals surface area contributed by atoms with Gasteiger partial charge >= 0.3 is 11.6 Å². The Morgan fingerprint density at radius 2 is 1.69 bits per heavy atom. The van der Waals surface area contributed by atoms with Crippen LogP contribution in [0.2, 0.25) is 0 Å². The highest BCUT2D eigenvalue weighted by Gasteiger charge is 2.28. The first-order valence-corrected chi connectivity index (χ1v) is 13.5. The minimum atomic E-state index is -1.54. The molecule has 1 aromatic heterocycles. The maximum Gasteiger partial charge on any atom is 0.354 e. The molecule has 0 saturated heterocycles. The van der Waals surface area contributed by atoms with Crippen LogP contribution in [0.1, 0.15) is 37.0 Å². The second-order valence-electron chi connectivity index (χ2n) is 10.6. The van der Waals surface area contributed by atoms with E-state index in [1.54, 1.807) is 36.4 Å². The van der Waals surface area contributed by atoms with E-state index in [2.05, 4.69) is 43.5 Å². The van der Waals surface area contributed by atoms with Gasteiger partial charge in [-0.15, -0.1) is 0 Å². The largest absolute Gasteiger partial charge is 0.477 e. The van der Waals surface area contributed by atoms with Crippen molar-refractivity contribution in [2.45, 2.75) is 32.6 Å². The van der Waals surface area contributed by atoms with Crippen molar-refractivity contribution in [3.63, 3.8) is 0 Å². The van der Waals surface area contributed by atoms with Crippen molar-refractivity contribution >= 4 is 46.0 Å². The van der Waals surface area contributed by atoms with Crippen molar-refractivity contribution in [2.24, 2.45) is 0 Å². The lowest BCUT2D eigenvalue weighted by atomic mass is 9.78. The van der Waals surface area contributed by atoms with E-state index < -0.39 is 23.2 Å². The molecule has 0 unspecified atom stereocenters. The molecule has 42 heavy (non-hydrogen) atoms. The van der Waals surface area contributed by atoms with E-state index in [1.165, 1.54) is 23.8 Å². The fourth-order valence-electron chi connectivity index (χ4n) is 4.54. The van der Waals surface area contributed by atoms with E-state index in [0.717, 1.165) is 29.6 Å². The first-order chi connectivity index (χ1) is 20.0. The smallest absolute Gasteiger partial charge is 0.354 e. The van der Waals surface area contributed by atoms with Crippen LogP contribution in [-0.2, 0) is 15.0 Å². The van der Waals surface area contributed by atoms with Crippen molar-refractivity contribution in [3.8, 4) is 0 Å². The number of carboxylic acid groups (broad SMARTS) is 1. The van der Waals surface area contributed by atoms with Gasteiger partial charge in [-0.05, 0) is 60.7 Å². The maximum absolute atomic E-state index is 12.6. The molecule has 0 aliphatic carbocycles. The van der Waals surface area contributed by atoms with Crippen molar-refractivity contribution in [1.82, 2.24) is 0 Å². The number of carbonyl (C=O) groups excluding carboxylic acids is 1. The molecule has 0 fully saturated rings. The van der Waals surface area contributed by atoms with Crippen LogP contribution in [-0.4, -0.2) is 29.2 Å². The molecule has 4 aromatic rings. The molecule has 0 atom stereocenters. The van der Waals surface area contributed by atoms with Crippen LogP contribution in [0.5, 0.6) is 0 Å². The fourth-order valence-corrected chi connectivity index (χ4v) is 4.54. The van der Waals surface area contributed by atoms with E-state index in [4.69, 9.17) is 9.83 Å². The number of rotatable bonds is 6. The zero-order valence-electron chi connectivity index (χ0n) is 23.7. The van der Waals surface area contributed by atoms with E-state index in [1.807, 2.05) is 30.3 Å². The van der Waals surface area contributed by atoms with Crippen LogP contribution >= 0.6 is 0 Å². The number of amides is 1. The first kappa shape index (κ1) is 29.7. The standard InChI is InChI=1S/C27H25N3O5.C7H8/c1-27(2)11-12-29-21-15-22-17(14-20(21)27)13-16(26(34)35-22)7-6-10-19(23(28)25(32)33)24(31)30-18-8-4-3-5-9-18;1-7-5-3-2-4-6-7/h3-10,13-15,28-29H,11-12H2,1-2H3,(H,30,31)(H,32,33);2-6H,1H3/b7-6+,19-10-,28-23?;. The lowest BCUT2D eigenvalue weighted by molar-refractivity contribution is -0.129. The number of carbonyl (C=O) groups is 2. The predicted octanol–water partition coefficient (Wildman–Crippen LogP) is 6.56. The van der Waals surface area contributed by atoms with Crippen molar-refractivity contribution in [3.05, 3.63) is 124 Å². The second-order valence-corrected chi connectivity index (χ2v) is 10.6. The Morgan fingerprint density at radius 3 is 2.31 bits per heavy atom. The molecule has 1 aliphatic heterocycles. The molecule has 5 rings (SSSR count). The first-order valence-electron chi connectivity index (χ1n) is 13.5. The molecular formula is C34H33N3O5. The number of anilines is 2.